The number of hydrogen-bond acceptors (Lipinski definition) is 4. The molecule has 0 radical (unpaired) electrons. The molecule has 1 aromatic carbocycles. The summed E-state index contributed by atoms with van der Waals surface area (Å²) in [4.78, 5) is 17.5. The van der Waals surface area contributed by atoms with Crippen LogP contribution < -0.4 is 0 Å². The molecule has 3 aromatic rings. The molecule has 1 N–H and O–H groups in total. The smallest absolute Gasteiger partial charge is 0.407 e. The van der Waals surface area contributed by atoms with Crippen molar-refractivity contribution in [1.82, 2.24) is 14.5 Å². The average Bonchev–Trinajstić information content (AvgIpc) is 3.11. The van der Waals surface area contributed by atoms with Gasteiger partial charge in [0.2, 0.25) is 0 Å². The maximum Gasteiger partial charge on any atom is 0.407 e. The minimum atomic E-state index is -3.25. The van der Waals surface area contributed by atoms with E-state index in [-0.39, 0.29) is 0 Å². The maximum absolute atomic E-state index is 11.9. The van der Waals surface area contributed by atoms with Crippen molar-refractivity contribution in [3.63, 3.8) is 0 Å². The van der Waals surface area contributed by atoms with Gasteiger partial charge in [0.1, 0.15) is 0 Å². The fourth-order valence-corrected chi connectivity index (χ4v) is 4.96. The Morgan fingerprint density at radius 2 is 1.93 bits per heavy atom. The summed E-state index contributed by atoms with van der Waals surface area (Å²) in [5.74, 6) is 0.339. The molecule has 30 heavy (non-hydrogen) atoms. The number of likely N-dealkylation sites (tertiary alicyclic amines) is 1. The fraction of sp³-hybridized carbons (Fsp3) is 0.364. The first kappa shape index (κ1) is 20.4. The third-order valence-electron chi connectivity index (χ3n) is 5.87. The van der Waals surface area contributed by atoms with Crippen LogP contribution in [0.15, 0.2) is 47.6 Å². The maximum atomic E-state index is 11.9. The first-order valence-electron chi connectivity index (χ1n) is 9.94. The van der Waals surface area contributed by atoms with Gasteiger partial charge in [0.25, 0.3) is 0 Å². The number of carboxylic acid groups (broad SMARTS) is 1. The molecule has 0 spiro atoms. The molecular weight excluding hydrogens is 402 g/mol. The van der Waals surface area contributed by atoms with Gasteiger partial charge in [-0.2, -0.15) is 0 Å². The minimum absolute atomic E-state index is 0.335. The standard InChI is InChI=1S/C22H25N3O4S/c1-15-11-20(30(2,28)29)12-17-7-10-25(21(15)17)14-19-4-3-18(13-23-19)16-5-8-24(9-6-16)22(26)27/h3-4,7,10-13,16H,5-6,8-9,14H2,1-2H3,(H,26,27). The molecule has 4 rings (SSSR count). The number of hydrogen-bond donors (Lipinski definition) is 1. The van der Waals surface area contributed by atoms with Gasteiger partial charge in [0.15, 0.2) is 9.84 Å². The molecule has 0 atom stereocenters. The van der Waals surface area contributed by atoms with E-state index in [1.54, 1.807) is 12.1 Å². The third-order valence-corrected chi connectivity index (χ3v) is 6.96. The highest BCUT2D eigenvalue weighted by atomic mass is 32.2. The van der Waals surface area contributed by atoms with Gasteiger partial charge in [0.05, 0.1) is 22.7 Å². The van der Waals surface area contributed by atoms with Crippen LogP contribution in [0.2, 0.25) is 0 Å². The Balaban J connectivity index is 1.51. The van der Waals surface area contributed by atoms with Gasteiger partial charge in [-0.25, -0.2) is 13.2 Å². The molecule has 1 aliphatic rings. The van der Waals surface area contributed by atoms with E-state index in [9.17, 15) is 13.2 Å². The van der Waals surface area contributed by atoms with Crippen molar-refractivity contribution < 1.29 is 18.3 Å². The van der Waals surface area contributed by atoms with Gasteiger partial charge in [0, 0.05) is 37.1 Å². The highest BCUT2D eigenvalue weighted by Gasteiger charge is 2.23. The molecule has 0 unspecified atom stereocenters. The molecule has 1 saturated heterocycles. The summed E-state index contributed by atoms with van der Waals surface area (Å²) in [5.41, 5.74) is 4.00. The van der Waals surface area contributed by atoms with Crippen molar-refractivity contribution in [2.45, 2.75) is 37.1 Å². The molecule has 2 aromatic heterocycles. The van der Waals surface area contributed by atoms with Gasteiger partial charge >= 0.3 is 6.09 Å². The normalized spacial score (nSPS) is 15.6. The SMILES string of the molecule is Cc1cc(S(C)(=O)=O)cc2ccn(Cc3ccc(C4CCN(C(=O)O)CC4)cn3)c12. The summed E-state index contributed by atoms with van der Waals surface area (Å²) in [6.45, 7) is 3.64. The average molecular weight is 428 g/mol. The quantitative estimate of drug-likeness (QED) is 0.686. The van der Waals surface area contributed by atoms with Crippen LogP contribution in [0.4, 0.5) is 4.79 Å². The van der Waals surface area contributed by atoms with Crippen LogP contribution in [-0.4, -0.2) is 53.4 Å². The van der Waals surface area contributed by atoms with E-state index >= 15 is 0 Å². The number of piperidine rings is 1. The lowest BCUT2D eigenvalue weighted by Gasteiger charge is -2.30. The number of carbonyl (C=O) groups is 1. The van der Waals surface area contributed by atoms with E-state index in [0.29, 0.717) is 30.4 Å². The molecule has 0 aliphatic carbocycles. The van der Waals surface area contributed by atoms with Crippen LogP contribution in [0.1, 0.15) is 35.6 Å². The van der Waals surface area contributed by atoms with Crippen LogP contribution in [-0.2, 0) is 16.4 Å². The Morgan fingerprint density at radius 3 is 2.53 bits per heavy atom. The molecule has 8 heteroatoms. The Hall–Kier alpha value is -2.87. The predicted molar refractivity (Wildman–Crippen MR) is 115 cm³/mol. The Kier molecular flexibility index (Phi) is 5.27. The number of nitrogens with zero attached hydrogens (tertiary/aromatic N) is 3. The first-order chi connectivity index (χ1) is 14.2. The van der Waals surface area contributed by atoms with E-state index in [0.717, 1.165) is 40.6 Å². The van der Waals surface area contributed by atoms with Crippen molar-refractivity contribution in [2.75, 3.05) is 19.3 Å². The van der Waals surface area contributed by atoms with Gasteiger partial charge in [-0.1, -0.05) is 6.07 Å². The van der Waals surface area contributed by atoms with Crippen molar-refractivity contribution in [3.8, 4) is 0 Å². The lowest BCUT2D eigenvalue weighted by Crippen LogP contribution is -2.36. The van der Waals surface area contributed by atoms with Gasteiger partial charge in [-0.05, 0) is 61.1 Å². The monoisotopic (exact) mass is 427 g/mol. The minimum Gasteiger partial charge on any atom is -0.465 e. The second kappa shape index (κ2) is 7.75. The fourth-order valence-electron chi connectivity index (χ4n) is 4.23. The van der Waals surface area contributed by atoms with Crippen molar-refractivity contribution in [1.29, 1.82) is 0 Å². The largest absolute Gasteiger partial charge is 0.465 e. The van der Waals surface area contributed by atoms with Crippen LogP contribution in [0.3, 0.4) is 0 Å². The van der Waals surface area contributed by atoms with Crippen LogP contribution in [0.25, 0.3) is 10.9 Å². The summed E-state index contributed by atoms with van der Waals surface area (Å²) in [7, 11) is -3.25. The summed E-state index contributed by atoms with van der Waals surface area (Å²) < 4.78 is 25.9. The topological polar surface area (TPSA) is 92.5 Å². The third kappa shape index (κ3) is 4.05. The molecule has 7 nitrogen and oxygen atoms in total. The summed E-state index contributed by atoms with van der Waals surface area (Å²) in [6, 6.07) is 9.47. The summed E-state index contributed by atoms with van der Waals surface area (Å²) in [5, 5.41) is 9.99. The molecular formula is C22H25N3O4S. The molecule has 1 aliphatic heterocycles. The number of sulfone groups is 1. The van der Waals surface area contributed by atoms with Gasteiger partial charge < -0.3 is 14.6 Å². The molecule has 1 amide bonds. The Morgan fingerprint density at radius 1 is 1.20 bits per heavy atom. The van der Waals surface area contributed by atoms with E-state index < -0.39 is 15.9 Å². The second-order valence-electron chi connectivity index (χ2n) is 8.02. The lowest BCUT2D eigenvalue weighted by molar-refractivity contribution is 0.132. The predicted octanol–water partition coefficient (Wildman–Crippen LogP) is 3.65. The first-order valence-corrected chi connectivity index (χ1v) is 11.8. The van der Waals surface area contributed by atoms with Crippen LogP contribution in [0.5, 0.6) is 0 Å². The molecule has 3 heterocycles. The van der Waals surface area contributed by atoms with E-state index in [4.69, 9.17) is 5.11 Å². The number of fused-ring (bicyclic) bond motifs is 1. The number of pyridine rings is 1. The zero-order valence-corrected chi connectivity index (χ0v) is 17.9. The summed E-state index contributed by atoms with van der Waals surface area (Å²) in [6.07, 6.45) is 5.87. The second-order valence-corrected chi connectivity index (χ2v) is 10.0. The molecule has 0 saturated carbocycles. The number of benzene rings is 1. The van der Waals surface area contributed by atoms with Crippen molar-refractivity contribution in [2.24, 2.45) is 0 Å². The van der Waals surface area contributed by atoms with Crippen molar-refractivity contribution in [3.05, 3.63) is 59.5 Å². The lowest BCUT2D eigenvalue weighted by atomic mass is 9.90. The number of aromatic nitrogens is 2. The molecule has 0 bridgehead atoms. The van der Waals surface area contributed by atoms with Crippen LogP contribution in [0, 0.1) is 6.92 Å². The summed E-state index contributed by atoms with van der Waals surface area (Å²) >= 11 is 0. The Labute approximate surface area is 175 Å². The van der Waals surface area contributed by atoms with E-state index in [2.05, 4.69) is 15.6 Å². The van der Waals surface area contributed by atoms with Crippen molar-refractivity contribution >= 4 is 26.8 Å². The molecule has 1 fully saturated rings. The Bertz CT molecular complexity index is 1190. The van der Waals surface area contributed by atoms with E-state index in [1.807, 2.05) is 31.5 Å². The van der Waals surface area contributed by atoms with Gasteiger partial charge in [-0.3, -0.25) is 4.98 Å². The highest BCUT2D eigenvalue weighted by Crippen LogP contribution is 2.28. The molecule has 158 valence electrons. The highest BCUT2D eigenvalue weighted by molar-refractivity contribution is 7.90. The number of rotatable bonds is 4. The van der Waals surface area contributed by atoms with E-state index in [1.165, 1.54) is 11.2 Å². The zero-order valence-electron chi connectivity index (χ0n) is 17.1. The zero-order chi connectivity index (χ0) is 21.5. The number of amides is 1. The number of aryl methyl sites for hydroxylation is 1. The van der Waals surface area contributed by atoms with Crippen LogP contribution >= 0.6 is 0 Å². The van der Waals surface area contributed by atoms with Gasteiger partial charge in [-0.15, -0.1) is 0 Å².